The van der Waals surface area contributed by atoms with Crippen LogP contribution in [0.25, 0.3) is 0 Å². The van der Waals surface area contributed by atoms with Gasteiger partial charge in [0.15, 0.2) is 0 Å². The summed E-state index contributed by atoms with van der Waals surface area (Å²) in [6.07, 6.45) is 2.93. The van der Waals surface area contributed by atoms with Crippen molar-refractivity contribution in [1.29, 1.82) is 0 Å². The van der Waals surface area contributed by atoms with Crippen molar-refractivity contribution in [2.75, 3.05) is 13.7 Å². The zero-order valence-electron chi connectivity index (χ0n) is 11.9. The van der Waals surface area contributed by atoms with Crippen LogP contribution in [0.2, 0.25) is 0 Å². The van der Waals surface area contributed by atoms with Gasteiger partial charge in [0, 0.05) is 13.7 Å². The van der Waals surface area contributed by atoms with E-state index in [0.29, 0.717) is 12.2 Å². The highest BCUT2D eigenvalue weighted by Crippen LogP contribution is 2.18. The predicted molar refractivity (Wildman–Crippen MR) is 79.2 cm³/mol. The minimum atomic E-state index is -3.53. The Kier molecular flexibility index (Phi) is 5.17. The van der Waals surface area contributed by atoms with Crippen LogP contribution in [0.3, 0.4) is 0 Å². The summed E-state index contributed by atoms with van der Waals surface area (Å²) in [4.78, 5) is 0.254. The fraction of sp³-hybridized carbons (Fsp3) is 0.333. The molecule has 0 unspecified atom stereocenters. The van der Waals surface area contributed by atoms with Gasteiger partial charge in [0.1, 0.15) is 5.76 Å². The van der Waals surface area contributed by atoms with Gasteiger partial charge in [-0.2, -0.15) is 4.31 Å². The van der Waals surface area contributed by atoms with Crippen LogP contribution in [0.5, 0.6) is 0 Å². The van der Waals surface area contributed by atoms with Crippen LogP contribution in [-0.2, 0) is 23.0 Å². The SMILES string of the molecule is CN(Cc1ccco1)S(=O)(=O)c1ccc(CCCO)cc1. The third-order valence-corrected chi connectivity index (χ3v) is 5.03. The largest absolute Gasteiger partial charge is 0.468 e. The molecule has 0 aliphatic carbocycles. The van der Waals surface area contributed by atoms with Crippen molar-refractivity contribution in [3.63, 3.8) is 0 Å². The minimum absolute atomic E-state index is 0.131. The van der Waals surface area contributed by atoms with Crippen molar-refractivity contribution in [1.82, 2.24) is 4.31 Å². The van der Waals surface area contributed by atoms with Crippen molar-refractivity contribution in [2.24, 2.45) is 0 Å². The van der Waals surface area contributed by atoms with E-state index in [4.69, 9.17) is 9.52 Å². The third-order valence-electron chi connectivity index (χ3n) is 3.21. The summed E-state index contributed by atoms with van der Waals surface area (Å²) in [6, 6.07) is 10.2. The Morgan fingerprint density at radius 2 is 1.90 bits per heavy atom. The number of aryl methyl sites for hydroxylation is 1. The molecular formula is C15H19NO4S. The van der Waals surface area contributed by atoms with Crippen LogP contribution in [0.1, 0.15) is 17.7 Å². The van der Waals surface area contributed by atoms with Gasteiger partial charge in [0.05, 0.1) is 17.7 Å². The molecule has 0 bridgehead atoms. The Balaban J connectivity index is 2.11. The highest BCUT2D eigenvalue weighted by Gasteiger charge is 2.21. The van der Waals surface area contributed by atoms with E-state index >= 15 is 0 Å². The van der Waals surface area contributed by atoms with Crippen molar-refractivity contribution in [3.05, 3.63) is 54.0 Å². The van der Waals surface area contributed by atoms with Crippen LogP contribution >= 0.6 is 0 Å². The molecule has 2 aromatic rings. The maximum Gasteiger partial charge on any atom is 0.243 e. The summed E-state index contributed by atoms with van der Waals surface area (Å²) in [5.74, 6) is 0.598. The molecule has 21 heavy (non-hydrogen) atoms. The van der Waals surface area contributed by atoms with E-state index in [2.05, 4.69) is 0 Å². The van der Waals surface area contributed by atoms with Crippen molar-refractivity contribution >= 4 is 10.0 Å². The first-order valence-electron chi connectivity index (χ1n) is 6.72. The standard InChI is InChI=1S/C15H19NO4S/c1-16(12-14-5-3-11-20-14)21(18,19)15-8-6-13(7-9-15)4-2-10-17/h3,5-9,11,17H,2,4,10,12H2,1H3. The highest BCUT2D eigenvalue weighted by molar-refractivity contribution is 7.89. The Morgan fingerprint density at radius 1 is 1.19 bits per heavy atom. The van der Waals surface area contributed by atoms with Crippen molar-refractivity contribution in [3.8, 4) is 0 Å². The van der Waals surface area contributed by atoms with Crippen molar-refractivity contribution < 1.29 is 17.9 Å². The molecule has 1 aromatic heterocycles. The van der Waals surface area contributed by atoms with Gasteiger partial charge in [0.2, 0.25) is 10.0 Å². The quantitative estimate of drug-likeness (QED) is 0.849. The number of benzene rings is 1. The summed E-state index contributed by atoms with van der Waals surface area (Å²) >= 11 is 0. The average molecular weight is 309 g/mol. The smallest absolute Gasteiger partial charge is 0.243 e. The first kappa shape index (κ1) is 15.8. The van der Waals surface area contributed by atoms with Gasteiger partial charge in [0.25, 0.3) is 0 Å². The van der Waals surface area contributed by atoms with Gasteiger partial charge >= 0.3 is 0 Å². The second kappa shape index (κ2) is 6.89. The Bertz CT molecular complexity index is 647. The molecular weight excluding hydrogens is 290 g/mol. The zero-order chi connectivity index (χ0) is 15.3. The van der Waals surface area contributed by atoms with E-state index in [1.54, 1.807) is 36.4 Å². The average Bonchev–Trinajstić information content (AvgIpc) is 2.98. The maximum atomic E-state index is 12.4. The second-order valence-corrected chi connectivity index (χ2v) is 6.86. The van der Waals surface area contributed by atoms with Crippen LogP contribution in [-0.4, -0.2) is 31.5 Å². The third kappa shape index (κ3) is 3.93. The molecule has 1 heterocycles. The first-order valence-corrected chi connectivity index (χ1v) is 8.16. The molecule has 0 aliphatic heterocycles. The molecule has 1 N–H and O–H groups in total. The number of aliphatic hydroxyl groups excluding tert-OH is 1. The normalized spacial score (nSPS) is 12.0. The fourth-order valence-corrected chi connectivity index (χ4v) is 3.14. The Hall–Kier alpha value is -1.63. The van der Waals surface area contributed by atoms with Gasteiger partial charge in [-0.15, -0.1) is 0 Å². The summed E-state index contributed by atoms with van der Waals surface area (Å²) in [5, 5.41) is 8.80. The van der Waals surface area contributed by atoms with Gasteiger partial charge in [-0.05, 0) is 42.7 Å². The Morgan fingerprint density at radius 3 is 2.48 bits per heavy atom. The van der Waals surface area contributed by atoms with Crippen LogP contribution in [0.15, 0.2) is 52.0 Å². The van der Waals surface area contributed by atoms with E-state index in [-0.39, 0.29) is 18.0 Å². The maximum absolute atomic E-state index is 12.4. The molecule has 0 spiro atoms. The number of hydrogen-bond donors (Lipinski definition) is 1. The number of sulfonamides is 1. The fourth-order valence-electron chi connectivity index (χ4n) is 2.00. The van der Waals surface area contributed by atoms with Crippen molar-refractivity contribution in [2.45, 2.75) is 24.3 Å². The number of nitrogens with zero attached hydrogens (tertiary/aromatic N) is 1. The minimum Gasteiger partial charge on any atom is -0.468 e. The monoisotopic (exact) mass is 309 g/mol. The van der Waals surface area contributed by atoms with Gasteiger partial charge in [-0.1, -0.05) is 12.1 Å². The molecule has 0 saturated heterocycles. The molecule has 114 valence electrons. The molecule has 5 nitrogen and oxygen atoms in total. The number of hydrogen-bond acceptors (Lipinski definition) is 4. The molecule has 0 aliphatic rings. The summed E-state index contributed by atoms with van der Waals surface area (Å²) in [6.45, 7) is 0.327. The van der Waals surface area contributed by atoms with Gasteiger partial charge in [-0.25, -0.2) is 8.42 Å². The van der Waals surface area contributed by atoms with E-state index in [1.807, 2.05) is 0 Å². The van der Waals surface area contributed by atoms with Crippen LogP contribution in [0, 0.1) is 0 Å². The lowest BCUT2D eigenvalue weighted by molar-refractivity contribution is 0.288. The zero-order valence-corrected chi connectivity index (χ0v) is 12.7. The molecule has 0 radical (unpaired) electrons. The van der Waals surface area contributed by atoms with Crippen LogP contribution < -0.4 is 0 Å². The highest BCUT2D eigenvalue weighted by atomic mass is 32.2. The molecule has 0 saturated carbocycles. The lowest BCUT2D eigenvalue weighted by Gasteiger charge is -2.16. The second-order valence-electron chi connectivity index (χ2n) is 4.81. The molecule has 0 fully saturated rings. The topological polar surface area (TPSA) is 70.8 Å². The van der Waals surface area contributed by atoms with E-state index < -0.39 is 10.0 Å². The van der Waals surface area contributed by atoms with E-state index in [0.717, 1.165) is 12.0 Å². The summed E-state index contributed by atoms with van der Waals surface area (Å²) in [7, 11) is -2.00. The van der Waals surface area contributed by atoms with E-state index in [9.17, 15) is 8.42 Å². The first-order chi connectivity index (χ1) is 10.0. The molecule has 1 aromatic carbocycles. The Labute approximate surface area is 124 Å². The lowest BCUT2D eigenvalue weighted by atomic mass is 10.1. The molecule has 2 rings (SSSR count). The lowest BCUT2D eigenvalue weighted by Crippen LogP contribution is -2.26. The summed E-state index contributed by atoms with van der Waals surface area (Å²) in [5.41, 5.74) is 1.01. The van der Waals surface area contributed by atoms with Gasteiger partial charge in [-0.3, -0.25) is 0 Å². The predicted octanol–water partition coefficient (Wildman–Crippen LogP) is 2.03. The van der Waals surface area contributed by atoms with E-state index in [1.165, 1.54) is 17.6 Å². The number of rotatable bonds is 7. The van der Waals surface area contributed by atoms with Crippen LogP contribution in [0.4, 0.5) is 0 Å². The molecule has 6 heteroatoms. The van der Waals surface area contributed by atoms with Gasteiger partial charge < -0.3 is 9.52 Å². The number of aliphatic hydroxyl groups is 1. The number of furan rings is 1. The molecule has 0 amide bonds. The summed E-state index contributed by atoms with van der Waals surface area (Å²) < 4.78 is 31.3. The molecule has 0 atom stereocenters.